The number of rotatable bonds is 4. The van der Waals surface area contributed by atoms with Gasteiger partial charge in [-0.2, -0.15) is 0 Å². The van der Waals surface area contributed by atoms with Crippen LogP contribution in [0.2, 0.25) is 0 Å². The van der Waals surface area contributed by atoms with E-state index in [1.165, 1.54) is 18.2 Å². The molecule has 6 nitrogen and oxygen atoms in total. The molecule has 0 aliphatic heterocycles. The topological polar surface area (TPSA) is 69.4 Å². The molecule has 140 valence electrons. The van der Waals surface area contributed by atoms with Crippen molar-refractivity contribution in [2.24, 2.45) is 0 Å². The number of thioether (sulfide) groups is 1. The van der Waals surface area contributed by atoms with Gasteiger partial charge in [0.25, 0.3) is 0 Å². The summed E-state index contributed by atoms with van der Waals surface area (Å²) >= 11 is 6.41. The van der Waals surface area contributed by atoms with E-state index in [0.29, 0.717) is 21.7 Å². The molecule has 25 heavy (non-hydrogen) atoms. The van der Waals surface area contributed by atoms with Crippen molar-refractivity contribution in [3.05, 3.63) is 18.2 Å². The molecule has 0 fully saturated rings. The fourth-order valence-corrected chi connectivity index (χ4v) is 1.77. The molecule has 1 heterocycles. The highest BCUT2D eigenvalue weighted by Crippen LogP contribution is 2.32. The maximum absolute atomic E-state index is 5.48. The molecule has 0 spiro atoms. The van der Waals surface area contributed by atoms with Gasteiger partial charge in [-0.1, -0.05) is 51.4 Å². The summed E-state index contributed by atoms with van der Waals surface area (Å²) in [5.74, 6) is 1.60. The zero-order valence-corrected chi connectivity index (χ0v) is 17.5. The van der Waals surface area contributed by atoms with Crippen LogP contribution in [0.15, 0.2) is 22.6 Å². The third kappa shape index (κ3) is 7.74. The summed E-state index contributed by atoms with van der Waals surface area (Å²) in [6, 6.07) is 5.61. The Bertz CT molecular complexity index is 633. The second-order valence-electron chi connectivity index (χ2n) is 4.31. The molecular formula is C17H27N3O3S2. The van der Waals surface area contributed by atoms with Crippen LogP contribution in [-0.2, 0) is 0 Å². The first-order valence-corrected chi connectivity index (χ1v) is 9.63. The van der Waals surface area contributed by atoms with Crippen LogP contribution in [0.4, 0.5) is 6.01 Å². The van der Waals surface area contributed by atoms with Crippen molar-refractivity contribution in [1.82, 2.24) is 10.2 Å². The fraction of sp³-hybridized carbons (Fsp3) is 0.471. The highest BCUT2D eigenvalue weighted by molar-refractivity contribution is 8.22. The summed E-state index contributed by atoms with van der Waals surface area (Å²) in [6.45, 7) is 8.25. The van der Waals surface area contributed by atoms with Gasteiger partial charge in [0.05, 0.1) is 14.2 Å². The molecule has 0 aliphatic rings. The van der Waals surface area contributed by atoms with Gasteiger partial charge in [-0.3, -0.25) is 5.32 Å². The number of nitrogens with zero attached hydrogens (tertiary/aromatic N) is 2. The van der Waals surface area contributed by atoms with E-state index in [2.05, 4.69) is 29.4 Å². The lowest BCUT2D eigenvalue weighted by Crippen LogP contribution is -2.03. The van der Waals surface area contributed by atoms with Gasteiger partial charge in [-0.05, 0) is 24.5 Å². The van der Waals surface area contributed by atoms with Gasteiger partial charge >= 0.3 is 6.01 Å². The quantitative estimate of drug-likeness (QED) is 0.715. The Morgan fingerprint density at radius 2 is 1.76 bits per heavy atom. The normalized spacial score (nSPS) is 9.08. The monoisotopic (exact) mass is 385 g/mol. The van der Waals surface area contributed by atoms with E-state index in [0.717, 1.165) is 5.56 Å². The van der Waals surface area contributed by atoms with E-state index in [9.17, 15) is 0 Å². The molecule has 2 aromatic rings. The van der Waals surface area contributed by atoms with Crippen LogP contribution in [0.3, 0.4) is 0 Å². The average molecular weight is 386 g/mol. The minimum Gasteiger partial charge on any atom is -0.493 e. The number of anilines is 1. The molecule has 1 aromatic carbocycles. The van der Waals surface area contributed by atoms with E-state index >= 15 is 0 Å². The van der Waals surface area contributed by atoms with Crippen molar-refractivity contribution in [2.75, 3.05) is 25.8 Å². The van der Waals surface area contributed by atoms with Crippen molar-refractivity contribution in [3.8, 4) is 23.0 Å². The number of benzene rings is 1. The van der Waals surface area contributed by atoms with Crippen LogP contribution in [0, 0.1) is 0 Å². The standard InChI is InChI=1S/C12H13N3O3S2.C3H8.C2H6/c1-16-8-5-4-7(6-9(8)17-2)10-14-15-11(18-10)13-12(19)20-3;1-3-2;1-2/h4-6H,1-3H3,(H,13,15,19);3H2,1-2H3;1-2H3. The van der Waals surface area contributed by atoms with Crippen LogP contribution in [-0.4, -0.2) is 35.0 Å². The Hall–Kier alpha value is -1.80. The third-order valence-electron chi connectivity index (χ3n) is 2.45. The van der Waals surface area contributed by atoms with Crippen LogP contribution >= 0.6 is 24.0 Å². The molecular weight excluding hydrogens is 358 g/mol. The SMILES string of the molecule is CC.CCC.COc1ccc(-c2nnc(NC(=S)SC)o2)cc1OC. The number of aromatic nitrogens is 2. The summed E-state index contributed by atoms with van der Waals surface area (Å²) in [5, 5.41) is 10.7. The van der Waals surface area contributed by atoms with Crippen molar-refractivity contribution < 1.29 is 13.9 Å². The maximum Gasteiger partial charge on any atom is 0.321 e. The molecule has 0 saturated carbocycles. The van der Waals surface area contributed by atoms with Crippen molar-refractivity contribution in [1.29, 1.82) is 0 Å². The van der Waals surface area contributed by atoms with E-state index in [1.807, 2.05) is 26.2 Å². The first kappa shape index (κ1) is 23.2. The lowest BCUT2D eigenvalue weighted by Gasteiger charge is -2.07. The second-order valence-corrected chi connectivity index (χ2v) is 5.79. The van der Waals surface area contributed by atoms with Gasteiger partial charge in [0.15, 0.2) is 11.5 Å². The highest BCUT2D eigenvalue weighted by Gasteiger charge is 2.12. The lowest BCUT2D eigenvalue weighted by atomic mass is 10.2. The van der Waals surface area contributed by atoms with Gasteiger partial charge in [0.1, 0.15) is 4.32 Å². The largest absolute Gasteiger partial charge is 0.493 e. The number of thiocarbonyl (C=S) groups is 1. The fourth-order valence-electron chi connectivity index (χ4n) is 1.50. The summed E-state index contributed by atoms with van der Waals surface area (Å²) in [5.41, 5.74) is 0.735. The van der Waals surface area contributed by atoms with Gasteiger partial charge in [0, 0.05) is 5.56 Å². The Kier molecular flexibility index (Phi) is 12.5. The van der Waals surface area contributed by atoms with E-state index in [1.54, 1.807) is 26.4 Å². The molecule has 2 rings (SSSR count). The molecule has 0 amide bonds. The molecule has 0 saturated heterocycles. The average Bonchev–Trinajstić information content (AvgIpc) is 3.11. The first-order chi connectivity index (χ1) is 12.1. The van der Waals surface area contributed by atoms with Gasteiger partial charge in [0.2, 0.25) is 5.89 Å². The molecule has 8 heteroatoms. The molecule has 0 unspecified atom stereocenters. The van der Waals surface area contributed by atoms with E-state index in [-0.39, 0.29) is 6.01 Å². The number of nitrogens with one attached hydrogen (secondary N) is 1. The molecule has 1 aromatic heterocycles. The zero-order chi connectivity index (χ0) is 19.2. The maximum atomic E-state index is 5.48. The molecule has 0 radical (unpaired) electrons. The molecule has 0 bridgehead atoms. The Morgan fingerprint density at radius 1 is 1.16 bits per heavy atom. The third-order valence-corrected chi connectivity index (χ3v) is 3.52. The van der Waals surface area contributed by atoms with Crippen LogP contribution < -0.4 is 14.8 Å². The van der Waals surface area contributed by atoms with Crippen molar-refractivity contribution >= 4 is 34.3 Å². The lowest BCUT2D eigenvalue weighted by molar-refractivity contribution is 0.355. The number of hydrogen-bond donors (Lipinski definition) is 1. The predicted molar refractivity (Wildman–Crippen MR) is 110 cm³/mol. The molecule has 0 aliphatic carbocycles. The summed E-state index contributed by atoms with van der Waals surface area (Å²) < 4.78 is 16.5. The number of methoxy groups -OCH3 is 2. The van der Waals surface area contributed by atoms with E-state index < -0.39 is 0 Å². The summed E-state index contributed by atoms with van der Waals surface area (Å²) in [7, 11) is 3.15. The highest BCUT2D eigenvalue weighted by atomic mass is 32.2. The van der Waals surface area contributed by atoms with Crippen molar-refractivity contribution in [3.63, 3.8) is 0 Å². The first-order valence-electron chi connectivity index (χ1n) is 8.00. The Labute approximate surface area is 159 Å². The zero-order valence-electron chi connectivity index (χ0n) is 15.9. The molecule has 0 atom stereocenters. The van der Waals surface area contributed by atoms with Crippen LogP contribution in [0.25, 0.3) is 11.5 Å². The number of ether oxygens (including phenoxy) is 2. The van der Waals surface area contributed by atoms with Crippen molar-refractivity contribution in [2.45, 2.75) is 34.1 Å². The summed E-state index contributed by atoms with van der Waals surface area (Å²) in [6.07, 6.45) is 3.11. The minimum atomic E-state index is 0.258. The summed E-state index contributed by atoms with van der Waals surface area (Å²) in [4.78, 5) is 0. The van der Waals surface area contributed by atoms with Crippen LogP contribution in [0.1, 0.15) is 34.1 Å². The van der Waals surface area contributed by atoms with Gasteiger partial charge < -0.3 is 13.9 Å². The smallest absolute Gasteiger partial charge is 0.321 e. The van der Waals surface area contributed by atoms with Crippen LogP contribution in [0.5, 0.6) is 11.5 Å². The molecule has 1 N–H and O–H groups in total. The Morgan fingerprint density at radius 3 is 2.28 bits per heavy atom. The van der Waals surface area contributed by atoms with Gasteiger partial charge in [-0.15, -0.1) is 16.9 Å². The van der Waals surface area contributed by atoms with E-state index in [4.69, 9.17) is 26.1 Å². The minimum absolute atomic E-state index is 0.258. The van der Waals surface area contributed by atoms with Gasteiger partial charge in [-0.25, -0.2) is 0 Å². The Balaban J connectivity index is 0.00000104. The second kappa shape index (κ2) is 13.5. The predicted octanol–water partition coefficient (Wildman–Crippen LogP) is 5.26. The number of hydrogen-bond acceptors (Lipinski definition) is 7.